The van der Waals surface area contributed by atoms with Crippen molar-refractivity contribution in [3.05, 3.63) is 59.4 Å². The predicted octanol–water partition coefficient (Wildman–Crippen LogP) is 4.56. The molecule has 3 heterocycles. The van der Waals surface area contributed by atoms with Crippen molar-refractivity contribution in [2.24, 2.45) is 0 Å². The van der Waals surface area contributed by atoms with E-state index in [0.717, 1.165) is 73.6 Å². The lowest BCUT2D eigenvalue weighted by molar-refractivity contribution is -0.0685. The molecule has 0 bridgehead atoms. The van der Waals surface area contributed by atoms with Crippen LogP contribution >= 0.6 is 0 Å². The van der Waals surface area contributed by atoms with Crippen LogP contribution in [0.3, 0.4) is 0 Å². The van der Waals surface area contributed by atoms with E-state index in [1.165, 1.54) is 10.5 Å². The van der Waals surface area contributed by atoms with Gasteiger partial charge in [-0.3, -0.25) is 9.80 Å². The third-order valence-electron chi connectivity index (χ3n) is 7.14. The van der Waals surface area contributed by atoms with Gasteiger partial charge in [0.05, 0.1) is 28.9 Å². The van der Waals surface area contributed by atoms with Crippen LogP contribution in [-0.4, -0.2) is 63.5 Å². The van der Waals surface area contributed by atoms with Gasteiger partial charge in [0.25, 0.3) is 0 Å². The molecule has 1 N–H and O–H groups in total. The summed E-state index contributed by atoms with van der Waals surface area (Å²) in [6, 6.07) is 14.4. The van der Waals surface area contributed by atoms with Gasteiger partial charge in [0.15, 0.2) is 0 Å². The van der Waals surface area contributed by atoms with Crippen LogP contribution in [0.4, 0.5) is 10.5 Å². The van der Waals surface area contributed by atoms with Gasteiger partial charge in [-0.2, -0.15) is 0 Å². The van der Waals surface area contributed by atoms with Crippen molar-refractivity contribution < 1.29 is 14.6 Å². The molecule has 2 aliphatic rings. The molecule has 1 aromatic heterocycles. The molecule has 1 saturated heterocycles. The lowest BCUT2D eigenvalue weighted by Crippen LogP contribution is -2.46. The van der Waals surface area contributed by atoms with Crippen molar-refractivity contribution in [2.45, 2.75) is 64.8 Å². The Labute approximate surface area is 200 Å². The minimum atomic E-state index is -0.896. The fraction of sp³-hybridized carbons (Fsp3) is 0.481. The van der Waals surface area contributed by atoms with Crippen LogP contribution in [0, 0.1) is 0 Å². The first-order valence-electron chi connectivity index (χ1n) is 12.4. The highest BCUT2D eigenvalue weighted by Gasteiger charge is 2.31. The molecule has 1 fully saturated rings. The summed E-state index contributed by atoms with van der Waals surface area (Å²) in [7, 11) is 0. The molecular weight excluding hydrogens is 428 g/mol. The SMILES string of the molecule is CC1CCc2c(ccc3c2nc(Cc2ccccc2)n3CCN2C[C@@H](C)O[C@@H](C)C2)N1C(=O)O. The van der Waals surface area contributed by atoms with Gasteiger partial charge in [0.2, 0.25) is 0 Å². The van der Waals surface area contributed by atoms with Gasteiger partial charge in [-0.05, 0) is 51.3 Å². The number of carbonyl (C=O) groups is 1. The van der Waals surface area contributed by atoms with E-state index in [1.807, 2.05) is 19.1 Å². The lowest BCUT2D eigenvalue weighted by atomic mass is 9.96. The van der Waals surface area contributed by atoms with Crippen LogP contribution in [0.1, 0.15) is 44.1 Å². The monoisotopic (exact) mass is 462 g/mol. The highest BCUT2D eigenvalue weighted by molar-refractivity contribution is 5.94. The molecule has 34 heavy (non-hydrogen) atoms. The van der Waals surface area contributed by atoms with E-state index in [1.54, 1.807) is 0 Å². The molecule has 2 aliphatic heterocycles. The molecule has 5 rings (SSSR count). The minimum absolute atomic E-state index is 0.0291. The number of carboxylic acid groups (broad SMARTS) is 1. The normalized spacial score (nSPS) is 23.3. The van der Waals surface area contributed by atoms with Crippen molar-refractivity contribution in [1.82, 2.24) is 14.5 Å². The van der Waals surface area contributed by atoms with Crippen molar-refractivity contribution >= 4 is 22.8 Å². The zero-order valence-electron chi connectivity index (χ0n) is 20.3. The third-order valence-corrected chi connectivity index (χ3v) is 7.14. The van der Waals surface area contributed by atoms with Crippen molar-refractivity contribution in [3.8, 4) is 0 Å². The summed E-state index contributed by atoms with van der Waals surface area (Å²) in [4.78, 5) is 21.1. The van der Waals surface area contributed by atoms with Crippen LogP contribution in [0.25, 0.3) is 11.0 Å². The molecule has 0 saturated carbocycles. The molecule has 7 heteroatoms. The number of aryl methyl sites for hydroxylation is 1. The van der Waals surface area contributed by atoms with Crippen LogP contribution < -0.4 is 4.90 Å². The molecular formula is C27H34N4O3. The molecule has 0 radical (unpaired) electrons. The maximum atomic E-state index is 12.0. The minimum Gasteiger partial charge on any atom is -0.465 e. The Balaban J connectivity index is 1.53. The fourth-order valence-electron chi connectivity index (χ4n) is 5.64. The number of benzene rings is 2. The maximum Gasteiger partial charge on any atom is 0.412 e. The quantitative estimate of drug-likeness (QED) is 0.602. The van der Waals surface area contributed by atoms with Crippen LogP contribution in [-0.2, 0) is 24.1 Å². The number of anilines is 1. The smallest absolute Gasteiger partial charge is 0.412 e. The van der Waals surface area contributed by atoms with Gasteiger partial charge >= 0.3 is 6.09 Å². The number of ether oxygens (including phenoxy) is 1. The third kappa shape index (κ3) is 4.42. The average molecular weight is 463 g/mol. The van der Waals surface area contributed by atoms with Crippen LogP contribution in [0.15, 0.2) is 42.5 Å². The Morgan fingerprint density at radius 2 is 1.79 bits per heavy atom. The Kier molecular flexibility index (Phi) is 6.32. The largest absolute Gasteiger partial charge is 0.465 e. The number of hydrogen-bond donors (Lipinski definition) is 1. The van der Waals surface area contributed by atoms with Gasteiger partial charge in [0.1, 0.15) is 5.82 Å². The Bertz CT molecular complexity index is 1170. The van der Waals surface area contributed by atoms with Gasteiger partial charge in [0, 0.05) is 44.2 Å². The molecule has 3 aromatic rings. The molecule has 1 unspecified atom stereocenters. The average Bonchev–Trinajstić information content (AvgIpc) is 3.14. The van der Waals surface area contributed by atoms with E-state index in [0.29, 0.717) is 0 Å². The summed E-state index contributed by atoms with van der Waals surface area (Å²) < 4.78 is 8.26. The number of hydrogen-bond acceptors (Lipinski definition) is 4. The Hall–Kier alpha value is -2.90. The predicted molar refractivity (Wildman–Crippen MR) is 134 cm³/mol. The number of amides is 1. The first kappa shape index (κ1) is 22.9. The Morgan fingerprint density at radius 3 is 2.50 bits per heavy atom. The van der Waals surface area contributed by atoms with E-state index < -0.39 is 6.09 Å². The summed E-state index contributed by atoms with van der Waals surface area (Å²) in [6.45, 7) is 9.90. The first-order valence-corrected chi connectivity index (χ1v) is 12.4. The van der Waals surface area contributed by atoms with Crippen molar-refractivity contribution in [2.75, 3.05) is 24.5 Å². The molecule has 1 amide bonds. The topological polar surface area (TPSA) is 70.8 Å². The summed E-state index contributed by atoms with van der Waals surface area (Å²) in [5.41, 5.74) is 5.11. The van der Waals surface area contributed by atoms with Gasteiger partial charge in [-0.25, -0.2) is 9.78 Å². The molecule has 3 atom stereocenters. The second kappa shape index (κ2) is 9.39. The number of nitrogens with zero attached hydrogens (tertiary/aromatic N) is 4. The summed E-state index contributed by atoms with van der Waals surface area (Å²) in [6.07, 6.45) is 1.98. The molecule has 0 aliphatic carbocycles. The molecule has 2 aromatic carbocycles. The van der Waals surface area contributed by atoms with E-state index >= 15 is 0 Å². The second-order valence-corrected chi connectivity index (χ2v) is 9.83. The molecule has 7 nitrogen and oxygen atoms in total. The molecule has 0 spiro atoms. The second-order valence-electron chi connectivity index (χ2n) is 9.83. The van der Waals surface area contributed by atoms with Crippen molar-refractivity contribution in [1.29, 1.82) is 0 Å². The van der Waals surface area contributed by atoms with E-state index in [2.05, 4.69) is 53.6 Å². The number of imidazole rings is 1. The van der Waals surface area contributed by atoms with E-state index in [-0.39, 0.29) is 18.2 Å². The van der Waals surface area contributed by atoms with Crippen LogP contribution in [0.5, 0.6) is 0 Å². The lowest BCUT2D eigenvalue weighted by Gasteiger charge is -2.35. The number of rotatable bonds is 5. The number of morpholine rings is 1. The zero-order chi connectivity index (χ0) is 23.8. The van der Waals surface area contributed by atoms with E-state index in [9.17, 15) is 9.90 Å². The number of aromatic nitrogens is 2. The highest BCUT2D eigenvalue weighted by atomic mass is 16.5. The van der Waals surface area contributed by atoms with Gasteiger partial charge in [-0.1, -0.05) is 30.3 Å². The van der Waals surface area contributed by atoms with Crippen LogP contribution in [0.2, 0.25) is 0 Å². The number of fused-ring (bicyclic) bond motifs is 3. The van der Waals surface area contributed by atoms with Gasteiger partial charge < -0.3 is 14.4 Å². The summed E-state index contributed by atoms with van der Waals surface area (Å²) >= 11 is 0. The standard InChI is InChI=1S/C27H34N4O3/c1-18-9-10-22-23(31(18)27(32)33)11-12-24-26(22)28-25(15-21-7-5-4-6-8-21)30(24)14-13-29-16-19(2)34-20(3)17-29/h4-8,11-12,18-20H,9-10,13-17H2,1-3H3,(H,32,33)/t18?,19-,20+. The Morgan fingerprint density at radius 1 is 1.06 bits per heavy atom. The zero-order valence-corrected chi connectivity index (χ0v) is 20.3. The van der Waals surface area contributed by atoms with Crippen molar-refractivity contribution in [3.63, 3.8) is 0 Å². The van der Waals surface area contributed by atoms with E-state index in [4.69, 9.17) is 9.72 Å². The highest BCUT2D eigenvalue weighted by Crippen LogP contribution is 2.36. The summed E-state index contributed by atoms with van der Waals surface area (Å²) in [5, 5.41) is 9.84. The molecule has 180 valence electrons. The van der Waals surface area contributed by atoms with Gasteiger partial charge in [-0.15, -0.1) is 0 Å². The maximum absolute atomic E-state index is 12.0. The summed E-state index contributed by atoms with van der Waals surface area (Å²) in [5.74, 6) is 1.03. The fourth-order valence-corrected chi connectivity index (χ4v) is 5.64. The first-order chi connectivity index (χ1) is 16.4.